The van der Waals surface area contributed by atoms with E-state index in [2.05, 4.69) is 23.1 Å². The Morgan fingerprint density at radius 2 is 2.33 bits per heavy atom. The van der Waals surface area contributed by atoms with Crippen molar-refractivity contribution < 1.29 is 0 Å². The number of nitrogens with zero attached hydrogens (tertiary/aromatic N) is 1. The minimum absolute atomic E-state index is 0.275. The zero-order valence-electron chi connectivity index (χ0n) is 7.33. The van der Waals surface area contributed by atoms with Crippen LogP contribution in [0.2, 0.25) is 0 Å². The molecule has 1 atom stereocenters. The van der Waals surface area contributed by atoms with Crippen LogP contribution in [0.25, 0.3) is 0 Å². The Balaban J connectivity index is 2.86. The first kappa shape index (κ1) is 8.76. The second-order valence-corrected chi connectivity index (χ2v) is 2.63. The summed E-state index contributed by atoms with van der Waals surface area (Å²) in [5.41, 5.74) is 1.83. The van der Waals surface area contributed by atoms with Crippen molar-refractivity contribution in [2.24, 2.45) is 0 Å². The van der Waals surface area contributed by atoms with Crippen LogP contribution in [-0.4, -0.2) is 12.0 Å². The third kappa shape index (κ3) is 1.84. The second kappa shape index (κ2) is 3.89. The van der Waals surface area contributed by atoms with Crippen LogP contribution in [0.5, 0.6) is 0 Å². The molecule has 0 aromatic carbocycles. The summed E-state index contributed by atoms with van der Waals surface area (Å²) in [4.78, 5) is 4.22. The maximum absolute atomic E-state index is 5.20. The molecule has 0 radical (unpaired) electrons. The number of terminal acetylenes is 1. The highest BCUT2D eigenvalue weighted by Crippen LogP contribution is 2.07. The van der Waals surface area contributed by atoms with Crippen LogP contribution in [0, 0.1) is 12.3 Å². The molecule has 1 rings (SSSR count). The molecule has 2 nitrogen and oxygen atoms in total. The van der Waals surface area contributed by atoms with E-state index in [9.17, 15) is 0 Å². The maximum Gasteiger partial charge on any atom is 0.0571 e. The lowest BCUT2D eigenvalue weighted by Gasteiger charge is -2.08. The Bertz CT molecular complexity index is 282. The van der Waals surface area contributed by atoms with Crippen molar-refractivity contribution in [2.45, 2.75) is 13.0 Å². The molecule has 62 valence electrons. The largest absolute Gasteiger partial charge is 0.312 e. The fraction of sp³-hybridized carbons (Fsp3) is 0.300. The predicted octanol–water partition coefficient (Wildman–Crippen LogP) is 1.34. The summed E-state index contributed by atoms with van der Waals surface area (Å²) in [6.07, 6.45) is 6.91. The van der Waals surface area contributed by atoms with Gasteiger partial charge in [0.25, 0.3) is 0 Å². The van der Waals surface area contributed by atoms with E-state index in [1.165, 1.54) is 0 Å². The fourth-order valence-corrected chi connectivity index (χ4v) is 0.895. The highest BCUT2D eigenvalue weighted by atomic mass is 14.9. The molecule has 2 heteroatoms. The smallest absolute Gasteiger partial charge is 0.0571 e. The standard InChI is InChI=1S/C10H12N2/c1-4-9-5-6-10(12-7-9)8(2)11-3/h1,5-8,11H,2-3H3. The van der Waals surface area contributed by atoms with Gasteiger partial charge in [0.1, 0.15) is 0 Å². The average Bonchev–Trinajstić information content (AvgIpc) is 2.17. The summed E-state index contributed by atoms with van der Waals surface area (Å²) in [6, 6.07) is 4.11. The van der Waals surface area contributed by atoms with Crippen molar-refractivity contribution in [3.63, 3.8) is 0 Å². The van der Waals surface area contributed by atoms with Crippen molar-refractivity contribution in [2.75, 3.05) is 7.05 Å². The molecule has 0 fully saturated rings. The summed E-state index contributed by atoms with van der Waals surface area (Å²) in [6.45, 7) is 2.05. The number of rotatable bonds is 2. The van der Waals surface area contributed by atoms with Crippen LogP contribution >= 0.6 is 0 Å². The summed E-state index contributed by atoms with van der Waals surface area (Å²) < 4.78 is 0. The molecule has 0 aliphatic rings. The average molecular weight is 160 g/mol. The molecule has 1 aromatic heterocycles. The molecular weight excluding hydrogens is 148 g/mol. The van der Waals surface area contributed by atoms with Crippen LogP contribution in [0.4, 0.5) is 0 Å². The molecular formula is C10H12N2. The molecule has 1 unspecified atom stereocenters. The number of aromatic nitrogens is 1. The Hall–Kier alpha value is -1.33. The first-order valence-corrected chi connectivity index (χ1v) is 3.87. The molecule has 0 spiro atoms. The quantitative estimate of drug-likeness (QED) is 0.660. The van der Waals surface area contributed by atoms with Crippen LogP contribution in [0.15, 0.2) is 18.3 Å². The molecule has 0 bridgehead atoms. The zero-order chi connectivity index (χ0) is 8.97. The minimum Gasteiger partial charge on any atom is -0.312 e. The molecule has 0 amide bonds. The van der Waals surface area contributed by atoms with Crippen molar-refractivity contribution in [1.29, 1.82) is 0 Å². The van der Waals surface area contributed by atoms with E-state index in [0.29, 0.717) is 0 Å². The molecule has 0 saturated carbocycles. The highest BCUT2D eigenvalue weighted by Gasteiger charge is 2.01. The van der Waals surface area contributed by atoms with E-state index in [4.69, 9.17) is 6.42 Å². The van der Waals surface area contributed by atoms with E-state index in [0.717, 1.165) is 11.3 Å². The van der Waals surface area contributed by atoms with Gasteiger partial charge in [-0.3, -0.25) is 4.98 Å². The van der Waals surface area contributed by atoms with Gasteiger partial charge < -0.3 is 5.32 Å². The predicted molar refractivity (Wildman–Crippen MR) is 49.6 cm³/mol. The zero-order valence-corrected chi connectivity index (χ0v) is 7.33. The van der Waals surface area contributed by atoms with Gasteiger partial charge in [0, 0.05) is 17.8 Å². The van der Waals surface area contributed by atoms with Crippen molar-refractivity contribution in [3.8, 4) is 12.3 Å². The van der Waals surface area contributed by atoms with Crippen LogP contribution in [0.1, 0.15) is 24.2 Å². The number of nitrogens with one attached hydrogen (secondary N) is 1. The number of hydrogen-bond donors (Lipinski definition) is 1. The van der Waals surface area contributed by atoms with Gasteiger partial charge in [-0.05, 0) is 26.1 Å². The van der Waals surface area contributed by atoms with E-state index in [-0.39, 0.29) is 6.04 Å². The Morgan fingerprint density at radius 3 is 2.75 bits per heavy atom. The SMILES string of the molecule is C#Cc1ccc(C(C)NC)nc1. The molecule has 1 aromatic rings. The summed E-state index contributed by atoms with van der Waals surface area (Å²) in [7, 11) is 1.90. The topological polar surface area (TPSA) is 24.9 Å². The van der Waals surface area contributed by atoms with Gasteiger partial charge in [-0.15, -0.1) is 6.42 Å². The number of hydrogen-bond acceptors (Lipinski definition) is 2. The van der Waals surface area contributed by atoms with E-state index >= 15 is 0 Å². The van der Waals surface area contributed by atoms with Gasteiger partial charge in [-0.25, -0.2) is 0 Å². The Kier molecular flexibility index (Phi) is 2.84. The minimum atomic E-state index is 0.275. The van der Waals surface area contributed by atoms with Crippen LogP contribution in [0.3, 0.4) is 0 Å². The molecule has 0 saturated heterocycles. The van der Waals surface area contributed by atoms with Gasteiger partial charge in [0.2, 0.25) is 0 Å². The van der Waals surface area contributed by atoms with E-state index in [1.54, 1.807) is 6.20 Å². The monoisotopic (exact) mass is 160 g/mol. The van der Waals surface area contributed by atoms with Gasteiger partial charge in [-0.2, -0.15) is 0 Å². The van der Waals surface area contributed by atoms with Gasteiger partial charge in [0.15, 0.2) is 0 Å². The molecule has 1 heterocycles. The van der Waals surface area contributed by atoms with Gasteiger partial charge in [0.05, 0.1) is 5.69 Å². The lowest BCUT2D eigenvalue weighted by Crippen LogP contribution is -2.13. The van der Waals surface area contributed by atoms with E-state index in [1.807, 2.05) is 19.2 Å². The second-order valence-electron chi connectivity index (χ2n) is 2.63. The summed E-state index contributed by atoms with van der Waals surface area (Å²) >= 11 is 0. The lowest BCUT2D eigenvalue weighted by atomic mass is 10.2. The fourth-order valence-electron chi connectivity index (χ4n) is 0.895. The maximum atomic E-state index is 5.20. The molecule has 0 aliphatic carbocycles. The third-order valence-electron chi connectivity index (χ3n) is 1.83. The Labute approximate surface area is 73.0 Å². The van der Waals surface area contributed by atoms with Crippen molar-refractivity contribution >= 4 is 0 Å². The number of pyridine rings is 1. The highest BCUT2D eigenvalue weighted by molar-refractivity contribution is 5.30. The first-order valence-electron chi connectivity index (χ1n) is 3.87. The summed E-state index contributed by atoms with van der Waals surface area (Å²) in [5, 5.41) is 3.10. The lowest BCUT2D eigenvalue weighted by molar-refractivity contribution is 0.633. The van der Waals surface area contributed by atoms with E-state index < -0.39 is 0 Å². The molecule has 0 aliphatic heterocycles. The van der Waals surface area contributed by atoms with Gasteiger partial charge >= 0.3 is 0 Å². The third-order valence-corrected chi connectivity index (χ3v) is 1.83. The normalized spacial score (nSPS) is 12.1. The summed E-state index contributed by atoms with van der Waals surface area (Å²) in [5.74, 6) is 2.53. The molecule has 12 heavy (non-hydrogen) atoms. The first-order chi connectivity index (χ1) is 5.77. The van der Waals surface area contributed by atoms with Gasteiger partial charge in [-0.1, -0.05) is 5.92 Å². The molecule has 1 N–H and O–H groups in total. The van der Waals surface area contributed by atoms with Crippen LogP contribution < -0.4 is 5.32 Å². The Morgan fingerprint density at radius 1 is 1.58 bits per heavy atom. The van der Waals surface area contributed by atoms with Crippen LogP contribution in [-0.2, 0) is 0 Å². The van der Waals surface area contributed by atoms with Crippen molar-refractivity contribution in [1.82, 2.24) is 10.3 Å². The van der Waals surface area contributed by atoms with Crippen molar-refractivity contribution in [3.05, 3.63) is 29.6 Å².